The van der Waals surface area contributed by atoms with E-state index in [1.807, 2.05) is 31.3 Å². The molecule has 4 rings (SSSR count). The van der Waals surface area contributed by atoms with Crippen molar-refractivity contribution in [2.75, 3.05) is 48.4 Å². The van der Waals surface area contributed by atoms with Crippen molar-refractivity contribution < 1.29 is 0 Å². The summed E-state index contributed by atoms with van der Waals surface area (Å²) >= 11 is 0. The van der Waals surface area contributed by atoms with E-state index in [9.17, 15) is 0 Å². The van der Waals surface area contributed by atoms with E-state index in [0.717, 1.165) is 43.0 Å². The Bertz CT molecular complexity index is 689. The smallest absolute Gasteiger partial charge is 0.172 e. The number of fused-ring (bicyclic) bond motifs is 1. The fourth-order valence-corrected chi connectivity index (χ4v) is 4.00. The van der Waals surface area contributed by atoms with Crippen LogP contribution in [0.1, 0.15) is 12.8 Å². The van der Waals surface area contributed by atoms with Gasteiger partial charge in [0.1, 0.15) is 5.82 Å². The van der Waals surface area contributed by atoms with Crippen LogP contribution >= 0.6 is 0 Å². The molecule has 2 fully saturated rings. The van der Waals surface area contributed by atoms with Crippen molar-refractivity contribution in [2.24, 2.45) is 5.92 Å². The number of anilines is 3. The molecule has 6 nitrogen and oxygen atoms in total. The number of pyridine rings is 1. The zero-order valence-corrected chi connectivity index (χ0v) is 14.3. The minimum Gasteiger partial charge on any atom is -0.360 e. The zero-order chi connectivity index (χ0) is 16.5. The van der Waals surface area contributed by atoms with Crippen molar-refractivity contribution in [3.63, 3.8) is 0 Å². The predicted molar refractivity (Wildman–Crippen MR) is 96.7 cm³/mol. The number of rotatable bonds is 3. The fraction of sp³-hybridized carbons (Fsp3) is 0.500. The summed E-state index contributed by atoms with van der Waals surface area (Å²) in [7, 11) is 4.05. The molecule has 2 atom stereocenters. The molecule has 126 valence electrons. The van der Waals surface area contributed by atoms with Gasteiger partial charge in [-0.25, -0.2) is 15.0 Å². The maximum absolute atomic E-state index is 4.62. The predicted octanol–water partition coefficient (Wildman–Crippen LogP) is 2.04. The summed E-state index contributed by atoms with van der Waals surface area (Å²) in [5.74, 6) is 3.79. The Kier molecular flexibility index (Phi) is 3.96. The molecule has 2 saturated heterocycles. The first kappa shape index (κ1) is 15.2. The minimum absolute atomic E-state index is 0.505. The molecule has 2 aromatic heterocycles. The quantitative estimate of drug-likeness (QED) is 0.861. The molecule has 6 heteroatoms. The van der Waals surface area contributed by atoms with Gasteiger partial charge in [-0.15, -0.1) is 0 Å². The van der Waals surface area contributed by atoms with Gasteiger partial charge < -0.3 is 14.7 Å². The van der Waals surface area contributed by atoms with Crippen molar-refractivity contribution in [1.29, 1.82) is 0 Å². The lowest BCUT2D eigenvalue weighted by Gasteiger charge is -2.40. The number of hydrogen-bond acceptors (Lipinski definition) is 6. The van der Waals surface area contributed by atoms with Crippen LogP contribution in [0.3, 0.4) is 0 Å². The van der Waals surface area contributed by atoms with E-state index in [-0.39, 0.29) is 0 Å². The highest BCUT2D eigenvalue weighted by Crippen LogP contribution is 2.36. The highest BCUT2D eigenvalue weighted by molar-refractivity contribution is 5.62. The summed E-state index contributed by atoms with van der Waals surface area (Å²) in [6.07, 6.45) is 7.91. The molecule has 0 N–H and O–H groups in total. The third-order valence-corrected chi connectivity index (χ3v) is 5.19. The fourth-order valence-electron chi connectivity index (χ4n) is 4.00. The summed E-state index contributed by atoms with van der Waals surface area (Å²) < 4.78 is 0. The van der Waals surface area contributed by atoms with Crippen LogP contribution in [0.2, 0.25) is 0 Å². The molecule has 2 aliphatic heterocycles. The molecule has 0 aromatic carbocycles. The molecule has 2 unspecified atom stereocenters. The van der Waals surface area contributed by atoms with Crippen LogP contribution in [-0.4, -0.2) is 54.7 Å². The molecule has 0 bridgehead atoms. The third-order valence-electron chi connectivity index (χ3n) is 5.19. The Balaban J connectivity index is 1.59. The molecule has 0 amide bonds. The second-order valence-corrected chi connectivity index (χ2v) is 6.83. The Hall–Kier alpha value is -2.37. The number of nitrogens with zero attached hydrogens (tertiary/aromatic N) is 6. The Morgan fingerprint density at radius 3 is 2.62 bits per heavy atom. The van der Waals surface area contributed by atoms with Crippen molar-refractivity contribution in [1.82, 2.24) is 15.0 Å². The van der Waals surface area contributed by atoms with Crippen molar-refractivity contribution in [3.8, 4) is 0 Å². The lowest BCUT2D eigenvalue weighted by Crippen LogP contribution is -2.49. The summed E-state index contributed by atoms with van der Waals surface area (Å²) in [4.78, 5) is 20.6. The first-order chi connectivity index (χ1) is 11.7. The Morgan fingerprint density at radius 2 is 1.83 bits per heavy atom. The van der Waals surface area contributed by atoms with Crippen molar-refractivity contribution >= 4 is 17.5 Å². The van der Waals surface area contributed by atoms with Gasteiger partial charge in [0.05, 0.1) is 6.04 Å². The van der Waals surface area contributed by atoms with Crippen LogP contribution in [0, 0.1) is 5.92 Å². The van der Waals surface area contributed by atoms with E-state index in [2.05, 4.69) is 36.9 Å². The average Bonchev–Trinajstić information content (AvgIpc) is 3.05. The zero-order valence-electron chi connectivity index (χ0n) is 14.3. The molecule has 0 aliphatic carbocycles. The topological polar surface area (TPSA) is 48.4 Å². The lowest BCUT2D eigenvalue weighted by atomic mass is 9.92. The normalized spacial score (nSPS) is 23.2. The van der Waals surface area contributed by atoms with Crippen LogP contribution in [-0.2, 0) is 0 Å². The van der Waals surface area contributed by atoms with Gasteiger partial charge in [0.15, 0.2) is 11.6 Å². The molecular formula is C18H24N6. The Labute approximate surface area is 143 Å². The van der Waals surface area contributed by atoms with Crippen molar-refractivity contribution in [3.05, 3.63) is 36.8 Å². The van der Waals surface area contributed by atoms with E-state index in [0.29, 0.717) is 6.04 Å². The monoisotopic (exact) mass is 324 g/mol. The molecule has 2 aliphatic rings. The first-order valence-electron chi connectivity index (χ1n) is 8.65. The van der Waals surface area contributed by atoms with E-state index < -0.39 is 0 Å². The number of hydrogen-bond donors (Lipinski definition) is 0. The molecular weight excluding hydrogens is 300 g/mol. The van der Waals surface area contributed by atoms with E-state index in [1.54, 1.807) is 12.4 Å². The van der Waals surface area contributed by atoms with Crippen LogP contribution in [0.15, 0.2) is 36.8 Å². The van der Waals surface area contributed by atoms with Crippen LogP contribution < -0.4 is 14.7 Å². The molecule has 4 heterocycles. The van der Waals surface area contributed by atoms with Gasteiger partial charge in [-0.1, -0.05) is 6.07 Å². The van der Waals surface area contributed by atoms with E-state index in [4.69, 9.17) is 0 Å². The van der Waals surface area contributed by atoms with Gasteiger partial charge in [-0.3, -0.25) is 0 Å². The largest absolute Gasteiger partial charge is 0.360 e. The maximum Gasteiger partial charge on any atom is 0.172 e. The summed E-state index contributed by atoms with van der Waals surface area (Å²) in [5.41, 5.74) is 0. The van der Waals surface area contributed by atoms with E-state index in [1.165, 1.54) is 12.8 Å². The standard InChI is InChI=1S/C18H24N6/c1-22(2)17-18(21-10-9-20-17)23-11-6-14-7-12-24(15(14)13-23)16-5-3-4-8-19-16/h3-5,8-10,14-15H,6-7,11-13H2,1-2H3. The molecule has 2 aromatic rings. The number of piperidine rings is 1. The van der Waals surface area contributed by atoms with E-state index >= 15 is 0 Å². The highest BCUT2D eigenvalue weighted by atomic mass is 15.3. The van der Waals surface area contributed by atoms with Gasteiger partial charge >= 0.3 is 0 Å². The number of aromatic nitrogens is 3. The van der Waals surface area contributed by atoms with Crippen molar-refractivity contribution in [2.45, 2.75) is 18.9 Å². The second kappa shape index (κ2) is 6.26. The third kappa shape index (κ3) is 2.66. The minimum atomic E-state index is 0.505. The molecule has 24 heavy (non-hydrogen) atoms. The van der Waals surface area contributed by atoms with Crippen LogP contribution in [0.4, 0.5) is 17.5 Å². The summed E-state index contributed by atoms with van der Waals surface area (Å²) in [5, 5.41) is 0. The highest BCUT2D eigenvalue weighted by Gasteiger charge is 2.39. The maximum atomic E-state index is 4.62. The van der Waals surface area contributed by atoms with Crippen LogP contribution in [0.5, 0.6) is 0 Å². The first-order valence-corrected chi connectivity index (χ1v) is 8.65. The summed E-state index contributed by atoms with van der Waals surface area (Å²) in [6.45, 7) is 3.14. The summed E-state index contributed by atoms with van der Waals surface area (Å²) in [6, 6.07) is 6.68. The molecule has 0 saturated carbocycles. The Morgan fingerprint density at radius 1 is 1.00 bits per heavy atom. The SMILES string of the molecule is CN(C)c1nccnc1N1CCC2CCN(c3ccccn3)C2C1. The molecule has 0 radical (unpaired) electrons. The van der Waals surface area contributed by atoms with Gasteiger partial charge in [-0.2, -0.15) is 0 Å². The van der Waals surface area contributed by atoms with Gasteiger partial charge in [0, 0.05) is 52.3 Å². The molecule has 0 spiro atoms. The van der Waals surface area contributed by atoms with Gasteiger partial charge in [0.2, 0.25) is 0 Å². The van der Waals surface area contributed by atoms with Crippen LogP contribution in [0.25, 0.3) is 0 Å². The lowest BCUT2D eigenvalue weighted by molar-refractivity contribution is 0.388. The van der Waals surface area contributed by atoms with Gasteiger partial charge in [-0.05, 0) is 30.9 Å². The average molecular weight is 324 g/mol. The second-order valence-electron chi connectivity index (χ2n) is 6.83. The van der Waals surface area contributed by atoms with Gasteiger partial charge in [0.25, 0.3) is 0 Å².